The van der Waals surface area contributed by atoms with Crippen LogP contribution in [0.2, 0.25) is 5.15 Å². The average Bonchev–Trinajstić information content (AvgIpc) is 3.47. The number of rotatable bonds is 6. The summed E-state index contributed by atoms with van der Waals surface area (Å²) in [5.74, 6) is -0.363. The number of alkyl halides is 2. The van der Waals surface area contributed by atoms with Gasteiger partial charge < -0.3 is 9.64 Å². The zero-order valence-electron chi connectivity index (χ0n) is 20.0. The average molecular weight is 557 g/mol. The number of carbonyl (C=O) groups excluding carboxylic acids is 2. The first-order valence-electron chi connectivity index (χ1n) is 11.2. The number of aryl methyl sites for hydroxylation is 1. The molecule has 0 atom stereocenters. The zero-order chi connectivity index (χ0) is 27.0. The van der Waals surface area contributed by atoms with E-state index in [1.54, 1.807) is 12.1 Å². The molecule has 1 N–H and O–H groups in total. The summed E-state index contributed by atoms with van der Waals surface area (Å²) in [6.07, 6.45) is 1.30. The topological polar surface area (TPSA) is 110 Å². The van der Waals surface area contributed by atoms with Crippen molar-refractivity contribution in [1.82, 2.24) is 24.8 Å². The number of anilines is 1. The van der Waals surface area contributed by atoms with Crippen molar-refractivity contribution in [2.75, 3.05) is 12.4 Å². The molecule has 13 heteroatoms. The number of fused-ring (bicyclic) bond motifs is 1. The lowest BCUT2D eigenvalue weighted by atomic mass is 10.0. The van der Waals surface area contributed by atoms with Gasteiger partial charge in [-0.1, -0.05) is 22.9 Å². The molecule has 0 aliphatic carbocycles. The minimum absolute atomic E-state index is 0.0733. The molecule has 0 aromatic carbocycles. The SMILES string of the molecule is COc1cnc(Cl)cc1-c1cc(C)ncc1C(=O)Nc1nc2c(s1)CN(C(=O)c1ccc(C(F)F)cn1)C2. The largest absolute Gasteiger partial charge is 0.494 e. The van der Waals surface area contributed by atoms with Crippen LogP contribution in [0.4, 0.5) is 13.9 Å². The van der Waals surface area contributed by atoms with E-state index >= 15 is 0 Å². The first-order chi connectivity index (χ1) is 18.2. The fourth-order valence-electron chi connectivity index (χ4n) is 3.98. The molecule has 194 valence electrons. The van der Waals surface area contributed by atoms with E-state index in [2.05, 4.69) is 25.3 Å². The second-order valence-corrected chi connectivity index (χ2v) is 9.83. The Balaban J connectivity index is 1.33. The van der Waals surface area contributed by atoms with Crippen molar-refractivity contribution in [1.29, 1.82) is 0 Å². The van der Waals surface area contributed by atoms with E-state index in [9.17, 15) is 18.4 Å². The number of halogens is 3. The number of nitrogens with zero attached hydrogens (tertiary/aromatic N) is 5. The fourth-order valence-corrected chi connectivity index (χ4v) is 5.12. The molecule has 2 amide bonds. The lowest BCUT2D eigenvalue weighted by Crippen LogP contribution is -2.26. The monoisotopic (exact) mass is 556 g/mol. The molecule has 5 heterocycles. The molecule has 1 aliphatic heterocycles. The molecule has 0 bridgehead atoms. The van der Waals surface area contributed by atoms with E-state index in [0.29, 0.717) is 39.0 Å². The van der Waals surface area contributed by atoms with Crippen LogP contribution in [0.1, 0.15) is 49.1 Å². The van der Waals surface area contributed by atoms with E-state index in [1.165, 1.54) is 47.9 Å². The van der Waals surface area contributed by atoms with Crippen molar-refractivity contribution in [2.45, 2.75) is 26.4 Å². The smallest absolute Gasteiger partial charge is 0.273 e. The van der Waals surface area contributed by atoms with Crippen LogP contribution in [0.3, 0.4) is 0 Å². The summed E-state index contributed by atoms with van der Waals surface area (Å²) in [5, 5.41) is 3.43. The van der Waals surface area contributed by atoms with Gasteiger partial charge in [-0.3, -0.25) is 24.9 Å². The number of ether oxygens (including phenoxy) is 1. The Hall–Kier alpha value is -4.03. The van der Waals surface area contributed by atoms with Crippen molar-refractivity contribution in [3.63, 3.8) is 0 Å². The third-order valence-corrected chi connectivity index (χ3v) is 7.05. The van der Waals surface area contributed by atoms with Crippen molar-refractivity contribution in [2.24, 2.45) is 0 Å². The summed E-state index contributed by atoms with van der Waals surface area (Å²) in [4.78, 5) is 45.0. The van der Waals surface area contributed by atoms with Crippen LogP contribution in [-0.2, 0) is 13.1 Å². The van der Waals surface area contributed by atoms with Crippen molar-refractivity contribution in [3.8, 4) is 16.9 Å². The predicted molar refractivity (Wildman–Crippen MR) is 137 cm³/mol. The molecule has 0 spiro atoms. The third kappa shape index (κ3) is 5.04. The highest BCUT2D eigenvalue weighted by molar-refractivity contribution is 7.16. The number of thiazole rings is 1. The summed E-state index contributed by atoms with van der Waals surface area (Å²) >= 11 is 7.36. The number of amides is 2. The summed E-state index contributed by atoms with van der Waals surface area (Å²) < 4.78 is 30.9. The molecule has 0 saturated heterocycles. The van der Waals surface area contributed by atoms with E-state index in [0.717, 1.165) is 11.1 Å². The van der Waals surface area contributed by atoms with Gasteiger partial charge in [0, 0.05) is 34.8 Å². The number of aromatic nitrogens is 4. The number of hydrogen-bond donors (Lipinski definition) is 1. The Bertz CT molecular complexity index is 1520. The zero-order valence-corrected chi connectivity index (χ0v) is 21.6. The van der Waals surface area contributed by atoms with Crippen LogP contribution in [0.25, 0.3) is 11.1 Å². The highest BCUT2D eigenvalue weighted by atomic mass is 35.5. The summed E-state index contributed by atoms with van der Waals surface area (Å²) in [5.41, 5.74) is 2.62. The maximum absolute atomic E-state index is 13.3. The molecule has 0 unspecified atom stereocenters. The summed E-state index contributed by atoms with van der Waals surface area (Å²) in [7, 11) is 1.50. The quantitative estimate of drug-likeness (QED) is 0.320. The normalized spacial score (nSPS) is 12.5. The Morgan fingerprint density at radius 1 is 1.11 bits per heavy atom. The Morgan fingerprint density at radius 2 is 1.92 bits per heavy atom. The molecule has 4 aromatic rings. The van der Waals surface area contributed by atoms with Crippen molar-refractivity contribution in [3.05, 3.63) is 81.1 Å². The molecule has 5 rings (SSSR count). The fraction of sp³-hybridized carbons (Fsp3) is 0.200. The van der Waals surface area contributed by atoms with Crippen LogP contribution in [0, 0.1) is 6.92 Å². The Morgan fingerprint density at radius 3 is 2.61 bits per heavy atom. The molecule has 4 aromatic heterocycles. The second-order valence-electron chi connectivity index (χ2n) is 8.36. The second kappa shape index (κ2) is 10.4. The summed E-state index contributed by atoms with van der Waals surface area (Å²) in [6.45, 7) is 2.29. The van der Waals surface area contributed by atoms with Gasteiger partial charge in [0.15, 0.2) is 5.13 Å². The highest BCUT2D eigenvalue weighted by Crippen LogP contribution is 2.35. The van der Waals surface area contributed by atoms with Gasteiger partial charge in [-0.05, 0) is 31.2 Å². The lowest BCUT2D eigenvalue weighted by Gasteiger charge is -2.15. The third-order valence-electron chi connectivity index (χ3n) is 5.85. The molecule has 0 fully saturated rings. The van der Waals surface area contributed by atoms with Gasteiger partial charge in [0.1, 0.15) is 16.6 Å². The van der Waals surface area contributed by atoms with Crippen LogP contribution in [-0.4, -0.2) is 43.8 Å². The molecule has 38 heavy (non-hydrogen) atoms. The minimum atomic E-state index is -2.65. The van der Waals surface area contributed by atoms with Crippen molar-refractivity contribution < 1.29 is 23.1 Å². The van der Waals surface area contributed by atoms with E-state index < -0.39 is 12.3 Å². The van der Waals surface area contributed by atoms with E-state index in [-0.39, 0.29) is 35.4 Å². The molecule has 9 nitrogen and oxygen atoms in total. The number of carbonyl (C=O) groups is 2. The maximum atomic E-state index is 13.3. The van der Waals surface area contributed by atoms with Gasteiger partial charge >= 0.3 is 0 Å². The Kier molecular flexibility index (Phi) is 7.00. The molecule has 0 radical (unpaired) electrons. The van der Waals surface area contributed by atoms with Gasteiger partial charge in [0.05, 0.1) is 42.5 Å². The molecular weight excluding hydrogens is 538 g/mol. The van der Waals surface area contributed by atoms with Crippen LogP contribution < -0.4 is 10.1 Å². The number of nitrogens with one attached hydrogen (secondary N) is 1. The van der Waals surface area contributed by atoms with Gasteiger partial charge in [-0.25, -0.2) is 18.7 Å². The van der Waals surface area contributed by atoms with E-state index in [1.807, 2.05) is 6.92 Å². The van der Waals surface area contributed by atoms with Gasteiger partial charge in [0.25, 0.3) is 18.2 Å². The molecule has 0 saturated carbocycles. The number of methoxy groups -OCH3 is 1. The van der Waals surface area contributed by atoms with Gasteiger partial charge in [0.2, 0.25) is 0 Å². The Labute approximate surface area is 224 Å². The van der Waals surface area contributed by atoms with Crippen molar-refractivity contribution >= 4 is 39.9 Å². The first kappa shape index (κ1) is 25.6. The lowest BCUT2D eigenvalue weighted by molar-refractivity contribution is 0.0744. The highest BCUT2D eigenvalue weighted by Gasteiger charge is 2.29. The van der Waals surface area contributed by atoms with Crippen LogP contribution in [0.15, 0.2) is 42.9 Å². The number of pyridine rings is 3. The van der Waals surface area contributed by atoms with Crippen LogP contribution in [0.5, 0.6) is 5.75 Å². The van der Waals surface area contributed by atoms with Gasteiger partial charge in [-0.2, -0.15) is 0 Å². The minimum Gasteiger partial charge on any atom is -0.494 e. The predicted octanol–water partition coefficient (Wildman–Crippen LogP) is 5.31. The maximum Gasteiger partial charge on any atom is 0.273 e. The molecular formula is C25H19ClF2N6O3S. The number of hydrogen-bond acceptors (Lipinski definition) is 8. The molecule has 1 aliphatic rings. The standard InChI is InChI=1S/C25H19ClF2N6O3S/c1-12-5-14(15-6-21(26)31-9-19(15)37-2)16(8-29-12)23(35)33-25-32-18-10-34(11-20(18)38-25)24(36)17-4-3-13(7-30-17)22(27)28/h3-9,22H,10-11H2,1-2H3,(H,32,33,35). The van der Waals surface area contributed by atoms with Gasteiger partial charge in [-0.15, -0.1) is 0 Å². The first-order valence-corrected chi connectivity index (χ1v) is 12.4. The van der Waals surface area contributed by atoms with Crippen LogP contribution >= 0.6 is 22.9 Å². The van der Waals surface area contributed by atoms with E-state index in [4.69, 9.17) is 16.3 Å². The summed E-state index contributed by atoms with van der Waals surface area (Å²) in [6, 6.07) is 5.85.